The minimum Gasteiger partial charge on any atom is -0.379 e. The van der Waals surface area contributed by atoms with Crippen molar-refractivity contribution < 1.29 is 13.2 Å². The fraction of sp³-hybridized carbons (Fsp3) is 0.636. The Labute approximate surface area is 112 Å². The van der Waals surface area contributed by atoms with Gasteiger partial charge in [-0.15, -0.1) is 11.3 Å². The molecule has 1 fully saturated rings. The molecule has 18 heavy (non-hydrogen) atoms. The van der Waals surface area contributed by atoms with E-state index in [1.807, 2.05) is 24.4 Å². The third-order valence-corrected chi connectivity index (χ3v) is 5.39. The predicted molar refractivity (Wildman–Crippen MR) is 71.9 cm³/mol. The normalized spacial score (nSPS) is 19.8. The van der Waals surface area contributed by atoms with Crippen LogP contribution in [0.25, 0.3) is 0 Å². The molecule has 1 N–H and O–H groups in total. The molecule has 2 heterocycles. The van der Waals surface area contributed by atoms with Gasteiger partial charge in [0.25, 0.3) is 10.2 Å². The Morgan fingerprint density at radius 1 is 1.50 bits per heavy atom. The Hall–Kier alpha value is -0.470. The van der Waals surface area contributed by atoms with Crippen molar-refractivity contribution in [3.05, 3.63) is 22.4 Å². The van der Waals surface area contributed by atoms with Gasteiger partial charge in [0.1, 0.15) is 0 Å². The van der Waals surface area contributed by atoms with Crippen LogP contribution in [0, 0.1) is 0 Å². The van der Waals surface area contributed by atoms with Gasteiger partial charge >= 0.3 is 0 Å². The zero-order chi connectivity index (χ0) is 13.0. The summed E-state index contributed by atoms with van der Waals surface area (Å²) in [5.74, 6) is 0. The molecule has 1 aliphatic heterocycles. The minimum absolute atomic E-state index is 0.100. The highest BCUT2D eigenvalue weighted by Crippen LogP contribution is 2.12. The van der Waals surface area contributed by atoms with Crippen LogP contribution >= 0.6 is 11.3 Å². The number of hydrogen-bond donors (Lipinski definition) is 1. The molecular formula is C11H18N2O3S2. The summed E-state index contributed by atoms with van der Waals surface area (Å²) in [6.45, 7) is 3.69. The maximum atomic E-state index is 12.1. The van der Waals surface area contributed by atoms with Crippen molar-refractivity contribution >= 4 is 21.5 Å². The molecule has 2 rings (SSSR count). The van der Waals surface area contributed by atoms with Crippen molar-refractivity contribution in [1.82, 2.24) is 9.03 Å². The lowest BCUT2D eigenvalue weighted by molar-refractivity contribution is 0.0723. The standard InChI is InChI=1S/C11H18N2O3S2/c1-10(9-11-3-2-8-17-11)12-18(14,15)13-4-6-16-7-5-13/h2-3,8,10,12H,4-7,9H2,1H3/t10-/m0/s1. The largest absolute Gasteiger partial charge is 0.379 e. The first kappa shape index (κ1) is 14.0. The topological polar surface area (TPSA) is 58.6 Å². The van der Waals surface area contributed by atoms with Crippen LogP contribution < -0.4 is 4.72 Å². The van der Waals surface area contributed by atoms with Gasteiger partial charge in [0.2, 0.25) is 0 Å². The van der Waals surface area contributed by atoms with Crippen molar-refractivity contribution in [2.45, 2.75) is 19.4 Å². The monoisotopic (exact) mass is 290 g/mol. The summed E-state index contributed by atoms with van der Waals surface area (Å²) >= 11 is 1.64. The molecule has 1 saturated heterocycles. The van der Waals surface area contributed by atoms with Gasteiger partial charge in [-0.2, -0.15) is 17.4 Å². The van der Waals surface area contributed by atoms with Crippen molar-refractivity contribution in [1.29, 1.82) is 0 Å². The fourth-order valence-electron chi connectivity index (χ4n) is 1.89. The number of nitrogens with zero attached hydrogens (tertiary/aromatic N) is 1. The van der Waals surface area contributed by atoms with E-state index in [2.05, 4.69) is 4.72 Å². The molecule has 0 saturated carbocycles. The van der Waals surface area contributed by atoms with Crippen LogP contribution in [0.1, 0.15) is 11.8 Å². The molecule has 0 bridgehead atoms. The molecule has 1 atom stereocenters. The second-order valence-corrected chi connectivity index (χ2v) is 7.05. The zero-order valence-corrected chi connectivity index (χ0v) is 12.0. The van der Waals surface area contributed by atoms with Crippen LogP contribution in [-0.4, -0.2) is 45.1 Å². The average molecular weight is 290 g/mol. The summed E-state index contributed by atoms with van der Waals surface area (Å²) in [4.78, 5) is 1.19. The highest BCUT2D eigenvalue weighted by Gasteiger charge is 2.25. The molecule has 0 aliphatic carbocycles. The summed E-state index contributed by atoms with van der Waals surface area (Å²) in [6, 6.07) is 3.89. The highest BCUT2D eigenvalue weighted by molar-refractivity contribution is 7.87. The molecule has 1 aromatic rings. The first-order valence-electron chi connectivity index (χ1n) is 5.95. The van der Waals surface area contributed by atoms with E-state index >= 15 is 0 Å². The van der Waals surface area contributed by atoms with Gasteiger partial charge in [0.05, 0.1) is 13.2 Å². The minimum atomic E-state index is -3.38. The lowest BCUT2D eigenvalue weighted by Gasteiger charge is -2.27. The number of thiophene rings is 1. The van der Waals surface area contributed by atoms with Gasteiger partial charge in [0.15, 0.2) is 0 Å². The van der Waals surface area contributed by atoms with E-state index in [0.717, 1.165) is 6.42 Å². The quantitative estimate of drug-likeness (QED) is 0.874. The number of nitrogens with one attached hydrogen (secondary N) is 1. The molecular weight excluding hydrogens is 272 g/mol. The third-order valence-electron chi connectivity index (χ3n) is 2.75. The van der Waals surface area contributed by atoms with Crippen LogP contribution in [-0.2, 0) is 21.4 Å². The maximum Gasteiger partial charge on any atom is 0.279 e. The molecule has 102 valence electrons. The van der Waals surface area contributed by atoms with Crippen molar-refractivity contribution in [2.24, 2.45) is 0 Å². The van der Waals surface area contributed by atoms with Crippen molar-refractivity contribution in [3.8, 4) is 0 Å². The Kier molecular flexibility index (Phi) is 4.74. The van der Waals surface area contributed by atoms with Gasteiger partial charge < -0.3 is 4.74 Å². The Morgan fingerprint density at radius 2 is 2.22 bits per heavy atom. The smallest absolute Gasteiger partial charge is 0.279 e. The molecule has 5 nitrogen and oxygen atoms in total. The van der Waals surface area contributed by atoms with E-state index in [1.165, 1.54) is 9.18 Å². The average Bonchev–Trinajstić information content (AvgIpc) is 2.82. The highest BCUT2D eigenvalue weighted by atomic mass is 32.2. The van der Waals surface area contributed by atoms with E-state index in [-0.39, 0.29) is 6.04 Å². The van der Waals surface area contributed by atoms with E-state index < -0.39 is 10.2 Å². The summed E-state index contributed by atoms with van der Waals surface area (Å²) < 4.78 is 33.5. The summed E-state index contributed by atoms with van der Waals surface area (Å²) in [5.41, 5.74) is 0. The molecule has 1 aliphatic rings. The van der Waals surface area contributed by atoms with Crippen LogP contribution in [0.2, 0.25) is 0 Å². The third kappa shape index (κ3) is 3.76. The number of morpholine rings is 1. The van der Waals surface area contributed by atoms with Crippen LogP contribution in [0.5, 0.6) is 0 Å². The van der Waals surface area contributed by atoms with Crippen molar-refractivity contribution in [3.63, 3.8) is 0 Å². The molecule has 0 aromatic carbocycles. The van der Waals surface area contributed by atoms with Crippen LogP contribution in [0.3, 0.4) is 0 Å². The Morgan fingerprint density at radius 3 is 2.83 bits per heavy atom. The van der Waals surface area contributed by atoms with Crippen LogP contribution in [0.4, 0.5) is 0 Å². The molecule has 0 radical (unpaired) electrons. The van der Waals surface area contributed by atoms with Gasteiger partial charge in [-0.05, 0) is 24.8 Å². The fourth-order valence-corrected chi connectivity index (χ4v) is 4.09. The molecule has 0 unspecified atom stereocenters. The van der Waals surface area contributed by atoms with Gasteiger partial charge in [-0.25, -0.2) is 0 Å². The summed E-state index contributed by atoms with van der Waals surface area (Å²) in [7, 11) is -3.38. The Balaban J connectivity index is 1.90. The van der Waals surface area contributed by atoms with Gasteiger partial charge in [0, 0.05) is 24.0 Å². The molecule has 0 spiro atoms. The predicted octanol–water partition coefficient (Wildman–Crippen LogP) is 0.846. The maximum absolute atomic E-state index is 12.1. The van der Waals surface area contributed by atoms with E-state index in [1.54, 1.807) is 11.3 Å². The number of hydrogen-bond acceptors (Lipinski definition) is 4. The lowest BCUT2D eigenvalue weighted by Crippen LogP contribution is -2.49. The first-order valence-corrected chi connectivity index (χ1v) is 8.27. The molecule has 7 heteroatoms. The number of ether oxygens (including phenoxy) is 1. The van der Waals surface area contributed by atoms with Crippen LogP contribution in [0.15, 0.2) is 17.5 Å². The second-order valence-electron chi connectivity index (χ2n) is 4.32. The van der Waals surface area contributed by atoms with E-state index in [9.17, 15) is 8.42 Å². The van der Waals surface area contributed by atoms with Gasteiger partial charge in [-0.1, -0.05) is 6.07 Å². The number of rotatable bonds is 5. The Bertz CT molecular complexity index is 453. The zero-order valence-electron chi connectivity index (χ0n) is 10.3. The first-order chi connectivity index (χ1) is 8.58. The van der Waals surface area contributed by atoms with E-state index in [4.69, 9.17) is 4.74 Å². The van der Waals surface area contributed by atoms with E-state index in [0.29, 0.717) is 26.3 Å². The van der Waals surface area contributed by atoms with Gasteiger partial charge in [-0.3, -0.25) is 0 Å². The summed E-state index contributed by atoms with van der Waals surface area (Å²) in [6.07, 6.45) is 0.723. The lowest BCUT2D eigenvalue weighted by atomic mass is 10.2. The second kappa shape index (κ2) is 6.12. The summed E-state index contributed by atoms with van der Waals surface area (Å²) in [5, 5.41) is 2.00. The van der Waals surface area contributed by atoms with Crippen molar-refractivity contribution in [2.75, 3.05) is 26.3 Å². The SMILES string of the molecule is C[C@@H](Cc1cccs1)NS(=O)(=O)N1CCOCC1. The molecule has 1 aromatic heterocycles. The molecule has 0 amide bonds.